The van der Waals surface area contributed by atoms with Crippen molar-refractivity contribution in [3.05, 3.63) is 0 Å². The quantitative estimate of drug-likeness (QED) is 0.704. The highest BCUT2D eigenvalue weighted by Crippen LogP contribution is 2.31. The fourth-order valence-corrected chi connectivity index (χ4v) is 2.28. The molecule has 0 saturated heterocycles. The van der Waals surface area contributed by atoms with Gasteiger partial charge in [-0.05, 0) is 31.6 Å². The van der Waals surface area contributed by atoms with Gasteiger partial charge in [0.2, 0.25) is 0 Å². The highest BCUT2D eigenvalue weighted by molar-refractivity contribution is 5.70. The molecular weight excluding hydrogens is 168 g/mol. The van der Waals surface area contributed by atoms with Crippen molar-refractivity contribution >= 4 is 5.97 Å². The van der Waals surface area contributed by atoms with E-state index in [4.69, 9.17) is 5.11 Å². The van der Waals surface area contributed by atoms with E-state index in [-0.39, 0.29) is 17.9 Å². The average molecular weight is 186 g/mol. The Bertz CT molecular complexity index is 179. The van der Waals surface area contributed by atoms with Crippen LogP contribution in [-0.2, 0) is 4.79 Å². The summed E-state index contributed by atoms with van der Waals surface area (Å²) in [7, 11) is 0. The SMILES string of the molecule is CCC(C(=O)O)C1CCCC(O)C1. The third-order valence-electron chi connectivity index (χ3n) is 3.01. The van der Waals surface area contributed by atoms with Crippen LogP contribution in [0.5, 0.6) is 0 Å². The molecule has 1 aliphatic carbocycles. The van der Waals surface area contributed by atoms with Crippen molar-refractivity contribution in [2.45, 2.75) is 45.1 Å². The summed E-state index contributed by atoms with van der Waals surface area (Å²) in [5.74, 6) is -0.775. The van der Waals surface area contributed by atoms with Crippen molar-refractivity contribution in [1.29, 1.82) is 0 Å². The molecule has 0 aliphatic heterocycles. The van der Waals surface area contributed by atoms with Gasteiger partial charge in [-0.25, -0.2) is 0 Å². The average Bonchev–Trinajstić information content (AvgIpc) is 2.04. The van der Waals surface area contributed by atoms with Crippen LogP contribution in [0, 0.1) is 11.8 Å². The molecule has 3 heteroatoms. The van der Waals surface area contributed by atoms with Crippen LogP contribution < -0.4 is 0 Å². The number of aliphatic hydroxyl groups excluding tert-OH is 1. The van der Waals surface area contributed by atoms with Crippen LogP contribution in [0.2, 0.25) is 0 Å². The van der Waals surface area contributed by atoms with Crippen LogP contribution in [0.3, 0.4) is 0 Å². The van der Waals surface area contributed by atoms with E-state index < -0.39 is 5.97 Å². The Hall–Kier alpha value is -0.570. The highest BCUT2D eigenvalue weighted by atomic mass is 16.4. The Balaban J connectivity index is 2.52. The maximum absolute atomic E-state index is 10.9. The maximum Gasteiger partial charge on any atom is 0.306 e. The molecule has 0 aromatic carbocycles. The number of hydrogen-bond donors (Lipinski definition) is 2. The molecule has 0 spiro atoms. The Morgan fingerprint density at radius 1 is 1.54 bits per heavy atom. The number of carboxylic acids is 1. The molecule has 1 aliphatic rings. The minimum absolute atomic E-state index is 0.186. The first-order valence-corrected chi connectivity index (χ1v) is 5.06. The van der Waals surface area contributed by atoms with Gasteiger partial charge in [-0.3, -0.25) is 4.79 Å². The minimum Gasteiger partial charge on any atom is -0.481 e. The summed E-state index contributed by atoms with van der Waals surface area (Å²) >= 11 is 0. The molecule has 0 heterocycles. The second kappa shape index (κ2) is 4.61. The van der Waals surface area contributed by atoms with E-state index in [1.54, 1.807) is 0 Å². The molecule has 1 saturated carbocycles. The zero-order valence-electron chi connectivity index (χ0n) is 8.07. The summed E-state index contributed by atoms with van der Waals surface area (Å²) in [5.41, 5.74) is 0. The van der Waals surface area contributed by atoms with Gasteiger partial charge in [-0.15, -0.1) is 0 Å². The number of aliphatic hydroxyl groups is 1. The van der Waals surface area contributed by atoms with E-state index in [0.29, 0.717) is 12.8 Å². The molecule has 1 fully saturated rings. The Labute approximate surface area is 78.8 Å². The zero-order chi connectivity index (χ0) is 9.84. The molecule has 0 radical (unpaired) electrons. The summed E-state index contributed by atoms with van der Waals surface area (Å²) in [5, 5.41) is 18.3. The first-order valence-electron chi connectivity index (χ1n) is 5.06. The van der Waals surface area contributed by atoms with Crippen molar-refractivity contribution in [1.82, 2.24) is 0 Å². The predicted molar refractivity (Wildman–Crippen MR) is 49.4 cm³/mol. The standard InChI is InChI=1S/C10H18O3/c1-2-9(10(12)13)7-4-3-5-8(11)6-7/h7-9,11H,2-6H2,1H3,(H,12,13). The van der Waals surface area contributed by atoms with Crippen LogP contribution in [0.1, 0.15) is 39.0 Å². The molecule has 0 aromatic rings. The minimum atomic E-state index is -0.707. The maximum atomic E-state index is 10.9. The molecule has 3 unspecified atom stereocenters. The molecule has 13 heavy (non-hydrogen) atoms. The Kier molecular flexibility index (Phi) is 3.72. The highest BCUT2D eigenvalue weighted by Gasteiger charge is 2.30. The molecule has 0 aromatic heterocycles. The van der Waals surface area contributed by atoms with Crippen molar-refractivity contribution in [3.63, 3.8) is 0 Å². The number of carboxylic acid groups (broad SMARTS) is 1. The van der Waals surface area contributed by atoms with E-state index in [2.05, 4.69) is 0 Å². The van der Waals surface area contributed by atoms with Crippen LogP contribution in [-0.4, -0.2) is 22.3 Å². The van der Waals surface area contributed by atoms with Crippen LogP contribution in [0.15, 0.2) is 0 Å². The molecule has 76 valence electrons. The van der Waals surface area contributed by atoms with Gasteiger partial charge >= 0.3 is 5.97 Å². The largest absolute Gasteiger partial charge is 0.481 e. The second-order valence-electron chi connectivity index (χ2n) is 3.93. The summed E-state index contributed by atoms with van der Waals surface area (Å²) in [4.78, 5) is 10.9. The number of hydrogen-bond acceptors (Lipinski definition) is 2. The topological polar surface area (TPSA) is 57.5 Å². The van der Waals surface area contributed by atoms with Gasteiger partial charge in [-0.2, -0.15) is 0 Å². The fourth-order valence-electron chi connectivity index (χ4n) is 2.28. The Morgan fingerprint density at radius 2 is 2.23 bits per heavy atom. The second-order valence-corrected chi connectivity index (χ2v) is 3.93. The first kappa shape index (κ1) is 10.5. The molecule has 3 nitrogen and oxygen atoms in total. The van der Waals surface area contributed by atoms with Gasteiger partial charge in [-0.1, -0.05) is 13.3 Å². The lowest BCUT2D eigenvalue weighted by Gasteiger charge is -2.29. The zero-order valence-corrected chi connectivity index (χ0v) is 8.07. The molecule has 3 atom stereocenters. The number of aliphatic carboxylic acids is 1. The van der Waals surface area contributed by atoms with Crippen LogP contribution in [0.25, 0.3) is 0 Å². The normalized spacial score (nSPS) is 31.2. The molecule has 0 amide bonds. The van der Waals surface area contributed by atoms with Gasteiger partial charge in [0.05, 0.1) is 12.0 Å². The lowest BCUT2D eigenvalue weighted by atomic mass is 9.78. The number of rotatable bonds is 3. The Morgan fingerprint density at radius 3 is 2.69 bits per heavy atom. The summed E-state index contributed by atoms with van der Waals surface area (Å²) in [6, 6.07) is 0. The van der Waals surface area contributed by atoms with E-state index in [1.807, 2.05) is 6.92 Å². The van der Waals surface area contributed by atoms with Crippen LogP contribution in [0.4, 0.5) is 0 Å². The van der Waals surface area contributed by atoms with Crippen molar-refractivity contribution in [2.24, 2.45) is 11.8 Å². The van der Waals surface area contributed by atoms with Crippen LogP contribution >= 0.6 is 0 Å². The lowest BCUT2D eigenvalue weighted by Crippen LogP contribution is -2.29. The van der Waals surface area contributed by atoms with Gasteiger partial charge in [0.1, 0.15) is 0 Å². The van der Waals surface area contributed by atoms with Gasteiger partial charge in [0.15, 0.2) is 0 Å². The van der Waals surface area contributed by atoms with E-state index in [0.717, 1.165) is 19.3 Å². The lowest BCUT2D eigenvalue weighted by molar-refractivity contribution is -0.144. The molecule has 1 rings (SSSR count). The van der Waals surface area contributed by atoms with Crippen molar-refractivity contribution in [2.75, 3.05) is 0 Å². The van der Waals surface area contributed by atoms with E-state index in [9.17, 15) is 9.90 Å². The molecular formula is C10H18O3. The molecule has 2 N–H and O–H groups in total. The summed E-state index contributed by atoms with van der Waals surface area (Å²) < 4.78 is 0. The first-order chi connectivity index (χ1) is 6.15. The summed E-state index contributed by atoms with van der Waals surface area (Å²) in [6.07, 6.45) is 3.84. The van der Waals surface area contributed by atoms with E-state index in [1.165, 1.54) is 0 Å². The molecule has 0 bridgehead atoms. The fraction of sp³-hybridized carbons (Fsp3) is 0.900. The third-order valence-corrected chi connectivity index (χ3v) is 3.01. The van der Waals surface area contributed by atoms with Crippen molar-refractivity contribution < 1.29 is 15.0 Å². The number of carbonyl (C=O) groups is 1. The predicted octanol–water partition coefficient (Wildman–Crippen LogP) is 1.65. The monoisotopic (exact) mass is 186 g/mol. The van der Waals surface area contributed by atoms with Gasteiger partial charge in [0, 0.05) is 0 Å². The summed E-state index contributed by atoms with van der Waals surface area (Å²) in [6.45, 7) is 1.90. The smallest absolute Gasteiger partial charge is 0.306 e. The van der Waals surface area contributed by atoms with Crippen molar-refractivity contribution in [3.8, 4) is 0 Å². The van der Waals surface area contributed by atoms with E-state index >= 15 is 0 Å². The van der Waals surface area contributed by atoms with Gasteiger partial charge < -0.3 is 10.2 Å². The van der Waals surface area contributed by atoms with Gasteiger partial charge in [0.25, 0.3) is 0 Å². The third kappa shape index (κ3) is 2.69.